The molecule has 0 aromatic heterocycles. The van der Waals surface area contributed by atoms with Gasteiger partial charge in [-0.05, 0) is 23.5 Å². The van der Waals surface area contributed by atoms with E-state index in [1.165, 1.54) is 11.1 Å². The molecular weight excluding hydrogens is 206 g/mol. The third kappa shape index (κ3) is 1.86. The Kier molecular flexibility index (Phi) is 2.94. The van der Waals surface area contributed by atoms with Crippen LogP contribution in [-0.4, -0.2) is 15.7 Å². The topological polar surface area (TPSA) is 43.1 Å². The minimum atomic E-state index is -0.835. The van der Waals surface area contributed by atoms with Crippen molar-refractivity contribution >= 4 is 10.8 Å². The van der Waals surface area contributed by atoms with Crippen LogP contribution in [0.3, 0.4) is 0 Å². The zero-order valence-electron chi connectivity index (χ0n) is 9.14. The molecule has 1 aromatic carbocycles. The van der Waals surface area contributed by atoms with E-state index in [-0.39, 0.29) is 11.3 Å². The molecule has 0 saturated heterocycles. The Morgan fingerprint density at radius 3 is 2.53 bits per heavy atom. The van der Waals surface area contributed by atoms with Crippen LogP contribution < -0.4 is 5.73 Å². The summed E-state index contributed by atoms with van der Waals surface area (Å²) < 4.78 is 11.6. The van der Waals surface area contributed by atoms with Crippen LogP contribution >= 0.6 is 0 Å². The molecule has 0 radical (unpaired) electrons. The van der Waals surface area contributed by atoms with Crippen molar-refractivity contribution in [1.29, 1.82) is 0 Å². The summed E-state index contributed by atoms with van der Waals surface area (Å²) in [6.07, 6.45) is 2.69. The van der Waals surface area contributed by atoms with E-state index < -0.39 is 10.8 Å². The van der Waals surface area contributed by atoms with Gasteiger partial charge in [0.25, 0.3) is 0 Å². The van der Waals surface area contributed by atoms with Gasteiger partial charge in [-0.1, -0.05) is 31.2 Å². The minimum Gasteiger partial charge on any atom is -0.323 e. The molecule has 0 heterocycles. The monoisotopic (exact) mass is 223 g/mol. The van der Waals surface area contributed by atoms with Crippen LogP contribution in [0.4, 0.5) is 0 Å². The maximum atomic E-state index is 11.6. The number of hydrogen-bond acceptors (Lipinski definition) is 2. The van der Waals surface area contributed by atoms with Crippen LogP contribution in [0.5, 0.6) is 0 Å². The number of nitrogens with two attached hydrogens (primary N) is 1. The SMILES string of the molecule is CC1CC(S(C)=O)C(N)c2ccccc21. The Bertz CT molecular complexity index is 391. The highest BCUT2D eigenvalue weighted by Gasteiger charge is 2.32. The quantitative estimate of drug-likeness (QED) is 0.790. The number of benzene rings is 1. The second kappa shape index (κ2) is 4.06. The summed E-state index contributed by atoms with van der Waals surface area (Å²) in [5.41, 5.74) is 8.66. The summed E-state index contributed by atoms with van der Waals surface area (Å²) in [5, 5.41) is 0.106. The van der Waals surface area contributed by atoms with Crippen LogP contribution in [0, 0.1) is 0 Å². The lowest BCUT2D eigenvalue weighted by molar-refractivity contribution is 0.515. The van der Waals surface area contributed by atoms with Crippen molar-refractivity contribution in [1.82, 2.24) is 0 Å². The Hall–Kier alpha value is -0.670. The van der Waals surface area contributed by atoms with E-state index in [4.69, 9.17) is 5.73 Å². The van der Waals surface area contributed by atoms with Crippen LogP contribution in [0.25, 0.3) is 0 Å². The van der Waals surface area contributed by atoms with Crippen LogP contribution in [0.15, 0.2) is 24.3 Å². The summed E-state index contributed by atoms with van der Waals surface area (Å²) >= 11 is 0. The molecule has 15 heavy (non-hydrogen) atoms. The fourth-order valence-corrected chi connectivity index (χ4v) is 3.55. The molecule has 2 rings (SSSR count). The molecule has 0 amide bonds. The van der Waals surface area contributed by atoms with Crippen molar-refractivity contribution in [2.45, 2.75) is 30.6 Å². The van der Waals surface area contributed by atoms with Crippen LogP contribution in [0.1, 0.15) is 36.4 Å². The van der Waals surface area contributed by atoms with E-state index in [1.54, 1.807) is 6.26 Å². The van der Waals surface area contributed by atoms with Gasteiger partial charge in [0, 0.05) is 23.1 Å². The molecule has 1 aliphatic carbocycles. The average Bonchev–Trinajstić information content (AvgIpc) is 2.23. The lowest BCUT2D eigenvalue weighted by atomic mass is 9.81. The van der Waals surface area contributed by atoms with E-state index in [9.17, 15) is 4.21 Å². The molecule has 2 nitrogen and oxygen atoms in total. The third-order valence-corrected chi connectivity index (χ3v) is 4.64. The smallest absolute Gasteiger partial charge is 0.0543 e. The van der Waals surface area contributed by atoms with E-state index >= 15 is 0 Å². The van der Waals surface area contributed by atoms with Gasteiger partial charge >= 0.3 is 0 Å². The summed E-state index contributed by atoms with van der Waals surface area (Å²) in [7, 11) is -0.835. The number of rotatable bonds is 1. The van der Waals surface area contributed by atoms with E-state index in [2.05, 4.69) is 19.1 Å². The molecule has 0 aliphatic heterocycles. The van der Waals surface area contributed by atoms with E-state index in [1.807, 2.05) is 12.1 Å². The predicted molar refractivity (Wildman–Crippen MR) is 64.3 cm³/mol. The Balaban J connectivity index is 2.44. The first-order valence-electron chi connectivity index (χ1n) is 5.28. The summed E-state index contributed by atoms with van der Waals surface area (Å²) in [6, 6.07) is 8.19. The first-order chi connectivity index (χ1) is 7.11. The molecule has 0 saturated carbocycles. The van der Waals surface area contributed by atoms with Crippen molar-refractivity contribution in [3.8, 4) is 0 Å². The molecule has 0 fully saturated rings. The van der Waals surface area contributed by atoms with Crippen molar-refractivity contribution in [3.63, 3.8) is 0 Å². The predicted octanol–water partition coefficient (Wildman–Crippen LogP) is 1.94. The second-order valence-corrected chi connectivity index (χ2v) is 5.93. The highest BCUT2D eigenvalue weighted by molar-refractivity contribution is 7.84. The second-order valence-electron chi connectivity index (χ2n) is 4.33. The Labute approximate surface area is 93.3 Å². The van der Waals surface area contributed by atoms with Crippen molar-refractivity contribution < 1.29 is 4.21 Å². The lowest BCUT2D eigenvalue weighted by Gasteiger charge is -2.33. The highest BCUT2D eigenvalue weighted by Crippen LogP contribution is 2.37. The Morgan fingerprint density at radius 1 is 1.33 bits per heavy atom. The van der Waals surface area contributed by atoms with Crippen LogP contribution in [-0.2, 0) is 10.8 Å². The van der Waals surface area contributed by atoms with Gasteiger partial charge in [-0.3, -0.25) is 4.21 Å². The molecule has 1 aliphatic rings. The fourth-order valence-electron chi connectivity index (χ4n) is 2.43. The highest BCUT2D eigenvalue weighted by atomic mass is 32.2. The third-order valence-electron chi connectivity index (χ3n) is 3.30. The first-order valence-corrected chi connectivity index (χ1v) is 6.90. The zero-order chi connectivity index (χ0) is 11.0. The summed E-state index contributed by atoms with van der Waals surface area (Å²) in [5.74, 6) is 0.467. The van der Waals surface area contributed by atoms with Gasteiger partial charge in [0.05, 0.1) is 5.25 Å². The van der Waals surface area contributed by atoms with Gasteiger partial charge in [-0.2, -0.15) is 0 Å². The molecule has 3 heteroatoms. The minimum absolute atomic E-state index is 0.0665. The number of hydrogen-bond donors (Lipinski definition) is 1. The molecule has 4 atom stereocenters. The molecule has 1 aromatic rings. The lowest BCUT2D eigenvalue weighted by Crippen LogP contribution is -2.35. The van der Waals surface area contributed by atoms with Gasteiger partial charge in [0.1, 0.15) is 0 Å². The fraction of sp³-hybridized carbons (Fsp3) is 0.500. The molecule has 0 bridgehead atoms. The van der Waals surface area contributed by atoms with E-state index in [0.717, 1.165) is 6.42 Å². The maximum absolute atomic E-state index is 11.6. The van der Waals surface area contributed by atoms with Gasteiger partial charge < -0.3 is 5.73 Å². The molecule has 82 valence electrons. The van der Waals surface area contributed by atoms with Crippen LogP contribution in [0.2, 0.25) is 0 Å². The largest absolute Gasteiger partial charge is 0.323 e. The van der Waals surface area contributed by atoms with Crippen molar-refractivity contribution in [3.05, 3.63) is 35.4 Å². The average molecular weight is 223 g/mol. The normalized spacial score (nSPS) is 32.1. The maximum Gasteiger partial charge on any atom is 0.0543 e. The molecule has 4 unspecified atom stereocenters. The van der Waals surface area contributed by atoms with Gasteiger partial charge in [-0.25, -0.2) is 0 Å². The van der Waals surface area contributed by atoms with Gasteiger partial charge in [-0.15, -0.1) is 0 Å². The first kappa shape index (κ1) is 10.8. The summed E-state index contributed by atoms with van der Waals surface area (Å²) in [6.45, 7) is 2.19. The van der Waals surface area contributed by atoms with Gasteiger partial charge in [0.15, 0.2) is 0 Å². The zero-order valence-corrected chi connectivity index (χ0v) is 9.96. The Morgan fingerprint density at radius 2 is 1.93 bits per heavy atom. The number of fused-ring (bicyclic) bond motifs is 1. The van der Waals surface area contributed by atoms with Crippen molar-refractivity contribution in [2.75, 3.05) is 6.26 Å². The van der Waals surface area contributed by atoms with E-state index in [0.29, 0.717) is 5.92 Å². The van der Waals surface area contributed by atoms with Crippen molar-refractivity contribution in [2.24, 2.45) is 5.73 Å². The molecular formula is C12H17NOS. The summed E-state index contributed by atoms with van der Waals surface area (Å²) in [4.78, 5) is 0. The standard InChI is InChI=1S/C12H17NOS/c1-8-7-11(15(2)14)12(13)10-6-4-3-5-9(8)10/h3-6,8,11-12H,7,13H2,1-2H3. The molecule has 2 N–H and O–H groups in total. The molecule has 0 spiro atoms. The van der Waals surface area contributed by atoms with Gasteiger partial charge in [0.2, 0.25) is 0 Å².